The minimum atomic E-state index is -3.28. The second-order valence-electron chi connectivity index (χ2n) is 2.92. The predicted molar refractivity (Wildman–Crippen MR) is 59.8 cm³/mol. The van der Waals surface area contributed by atoms with Gasteiger partial charge in [0.15, 0.2) is 0 Å². The SMILES string of the molecule is CCOCCS(=O)(=O)NCC(Cl)COC. The normalized spacial score (nSPS) is 14.1. The highest BCUT2D eigenvalue weighted by atomic mass is 35.5. The number of rotatable bonds is 9. The molecule has 0 aliphatic carbocycles. The van der Waals surface area contributed by atoms with Gasteiger partial charge in [0.1, 0.15) is 0 Å². The smallest absolute Gasteiger partial charge is 0.213 e. The molecule has 0 saturated carbocycles. The first-order valence-corrected chi connectivity index (χ1v) is 6.78. The minimum Gasteiger partial charge on any atom is -0.383 e. The maximum Gasteiger partial charge on any atom is 0.213 e. The molecule has 92 valence electrons. The molecule has 0 fully saturated rings. The standard InChI is InChI=1S/C8H18ClNO4S/c1-3-14-4-5-15(11,12)10-6-8(9)7-13-2/h8,10H,3-7H2,1-2H3. The van der Waals surface area contributed by atoms with E-state index in [0.717, 1.165) is 0 Å². The van der Waals surface area contributed by atoms with Crippen molar-refractivity contribution in [2.24, 2.45) is 0 Å². The van der Waals surface area contributed by atoms with E-state index in [1.54, 1.807) is 0 Å². The van der Waals surface area contributed by atoms with Crippen molar-refractivity contribution in [3.8, 4) is 0 Å². The van der Waals surface area contributed by atoms with Crippen LogP contribution in [0.4, 0.5) is 0 Å². The summed E-state index contributed by atoms with van der Waals surface area (Å²) in [5.74, 6) is -0.0442. The van der Waals surface area contributed by atoms with Gasteiger partial charge in [0.2, 0.25) is 10.0 Å². The first-order valence-electron chi connectivity index (χ1n) is 4.70. The summed E-state index contributed by atoms with van der Waals surface area (Å²) in [5.41, 5.74) is 0. The van der Waals surface area contributed by atoms with Gasteiger partial charge in [0.25, 0.3) is 0 Å². The zero-order valence-corrected chi connectivity index (χ0v) is 10.6. The van der Waals surface area contributed by atoms with E-state index in [0.29, 0.717) is 13.2 Å². The number of ether oxygens (including phenoxy) is 2. The summed E-state index contributed by atoms with van der Waals surface area (Å²) in [5, 5.41) is -0.350. The first kappa shape index (κ1) is 15.1. The van der Waals surface area contributed by atoms with Crippen LogP contribution in [0.25, 0.3) is 0 Å². The van der Waals surface area contributed by atoms with Crippen molar-refractivity contribution >= 4 is 21.6 Å². The van der Waals surface area contributed by atoms with Gasteiger partial charge in [-0.25, -0.2) is 13.1 Å². The lowest BCUT2D eigenvalue weighted by atomic mass is 10.5. The van der Waals surface area contributed by atoms with Gasteiger partial charge in [-0.3, -0.25) is 0 Å². The predicted octanol–water partition coefficient (Wildman–Crippen LogP) is 0.196. The number of nitrogens with one attached hydrogen (secondary N) is 1. The van der Waals surface area contributed by atoms with E-state index in [1.807, 2.05) is 6.92 Å². The molecule has 0 heterocycles. The highest BCUT2D eigenvalue weighted by molar-refractivity contribution is 7.89. The van der Waals surface area contributed by atoms with Gasteiger partial charge in [-0.1, -0.05) is 0 Å². The molecule has 1 atom stereocenters. The van der Waals surface area contributed by atoms with E-state index in [1.165, 1.54) is 7.11 Å². The Kier molecular flexibility index (Phi) is 8.36. The molecule has 0 aliphatic rings. The van der Waals surface area contributed by atoms with Crippen LogP contribution in [-0.2, 0) is 19.5 Å². The maximum atomic E-state index is 11.3. The van der Waals surface area contributed by atoms with Crippen molar-refractivity contribution in [1.29, 1.82) is 0 Å². The largest absolute Gasteiger partial charge is 0.383 e. The Balaban J connectivity index is 3.73. The molecule has 0 aromatic carbocycles. The zero-order valence-electron chi connectivity index (χ0n) is 9.03. The molecule has 7 heteroatoms. The van der Waals surface area contributed by atoms with Crippen LogP contribution in [0.2, 0.25) is 0 Å². The Morgan fingerprint density at radius 2 is 2.13 bits per heavy atom. The van der Waals surface area contributed by atoms with Gasteiger partial charge >= 0.3 is 0 Å². The average molecular weight is 260 g/mol. The third kappa shape index (κ3) is 9.07. The summed E-state index contributed by atoms with van der Waals surface area (Å²) >= 11 is 5.77. The van der Waals surface area contributed by atoms with Gasteiger partial charge in [0.05, 0.1) is 24.3 Å². The zero-order chi connectivity index (χ0) is 11.7. The molecule has 0 bridgehead atoms. The molecule has 0 spiro atoms. The molecule has 0 saturated heterocycles. The Morgan fingerprint density at radius 1 is 1.47 bits per heavy atom. The van der Waals surface area contributed by atoms with Crippen LogP contribution in [0.1, 0.15) is 6.92 Å². The quantitative estimate of drug-likeness (QED) is 0.475. The highest BCUT2D eigenvalue weighted by Gasteiger charge is 2.12. The van der Waals surface area contributed by atoms with Crippen LogP contribution in [0.3, 0.4) is 0 Å². The van der Waals surface area contributed by atoms with Crippen molar-refractivity contribution in [3.05, 3.63) is 0 Å². The second kappa shape index (κ2) is 8.29. The number of halogens is 1. The average Bonchev–Trinajstić information content (AvgIpc) is 2.16. The van der Waals surface area contributed by atoms with E-state index >= 15 is 0 Å². The molecular weight excluding hydrogens is 242 g/mol. The van der Waals surface area contributed by atoms with Crippen LogP contribution in [0.5, 0.6) is 0 Å². The second-order valence-corrected chi connectivity index (χ2v) is 5.46. The van der Waals surface area contributed by atoms with Gasteiger partial charge in [0, 0.05) is 20.3 Å². The van der Waals surface area contributed by atoms with E-state index in [-0.39, 0.29) is 24.3 Å². The Labute approximate surface area is 96.1 Å². The molecule has 0 aromatic heterocycles. The van der Waals surface area contributed by atoms with Crippen molar-refractivity contribution in [2.45, 2.75) is 12.3 Å². The maximum absolute atomic E-state index is 11.3. The number of hydrogen-bond acceptors (Lipinski definition) is 4. The fourth-order valence-corrected chi connectivity index (χ4v) is 2.07. The van der Waals surface area contributed by atoms with Crippen LogP contribution >= 0.6 is 11.6 Å². The van der Waals surface area contributed by atoms with Crippen molar-refractivity contribution < 1.29 is 17.9 Å². The monoisotopic (exact) mass is 259 g/mol. The first-order chi connectivity index (χ1) is 7.02. The van der Waals surface area contributed by atoms with E-state index < -0.39 is 10.0 Å². The van der Waals surface area contributed by atoms with Crippen LogP contribution in [0.15, 0.2) is 0 Å². The molecule has 5 nitrogen and oxygen atoms in total. The fourth-order valence-electron chi connectivity index (χ4n) is 0.842. The van der Waals surface area contributed by atoms with Crippen molar-refractivity contribution in [3.63, 3.8) is 0 Å². The summed E-state index contributed by atoms with van der Waals surface area (Å²) in [7, 11) is -1.77. The third-order valence-corrected chi connectivity index (χ3v) is 3.16. The minimum absolute atomic E-state index is 0.0442. The van der Waals surface area contributed by atoms with E-state index in [4.69, 9.17) is 21.1 Å². The Bertz CT molecular complexity index is 245. The van der Waals surface area contributed by atoms with E-state index in [9.17, 15) is 8.42 Å². The van der Waals surface area contributed by atoms with Crippen LogP contribution in [0, 0.1) is 0 Å². The molecule has 1 N–H and O–H groups in total. The molecule has 15 heavy (non-hydrogen) atoms. The van der Waals surface area contributed by atoms with Gasteiger partial charge in [-0.05, 0) is 6.92 Å². The molecular formula is C8H18ClNO4S. The molecule has 0 radical (unpaired) electrons. The number of methoxy groups -OCH3 is 1. The summed E-state index contributed by atoms with van der Waals surface area (Å²) in [4.78, 5) is 0. The van der Waals surface area contributed by atoms with E-state index in [2.05, 4.69) is 4.72 Å². The topological polar surface area (TPSA) is 64.6 Å². The molecule has 0 aliphatic heterocycles. The molecule has 1 unspecified atom stereocenters. The Hall–Kier alpha value is 0.120. The summed E-state index contributed by atoms with van der Waals surface area (Å²) in [6.07, 6.45) is 0. The van der Waals surface area contributed by atoms with Crippen molar-refractivity contribution in [1.82, 2.24) is 4.72 Å². The number of sulfonamides is 1. The van der Waals surface area contributed by atoms with Crippen LogP contribution < -0.4 is 4.72 Å². The Morgan fingerprint density at radius 3 is 2.67 bits per heavy atom. The third-order valence-electron chi connectivity index (χ3n) is 1.57. The summed E-state index contributed by atoms with van der Waals surface area (Å²) < 4.78 is 34.8. The fraction of sp³-hybridized carbons (Fsp3) is 1.00. The lowest BCUT2D eigenvalue weighted by Crippen LogP contribution is -2.34. The highest BCUT2D eigenvalue weighted by Crippen LogP contribution is 1.95. The molecule has 0 rings (SSSR count). The van der Waals surface area contributed by atoms with Gasteiger partial charge in [-0.2, -0.15) is 0 Å². The number of alkyl halides is 1. The summed E-state index contributed by atoms with van der Waals surface area (Å²) in [6.45, 7) is 3.01. The van der Waals surface area contributed by atoms with Crippen molar-refractivity contribution in [2.75, 3.05) is 39.2 Å². The number of hydrogen-bond donors (Lipinski definition) is 1. The summed E-state index contributed by atoms with van der Waals surface area (Å²) in [6, 6.07) is 0. The molecule has 0 amide bonds. The lowest BCUT2D eigenvalue weighted by molar-refractivity contribution is 0.163. The lowest BCUT2D eigenvalue weighted by Gasteiger charge is -2.10. The van der Waals surface area contributed by atoms with Crippen LogP contribution in [-0.4, -0.2) is 53.0 Å². The van der Waals surface area contributed by atoms with Gasteiger partial charge in [-0.15, -0.1) is 11.6 Å². The van der Waals surface area contributed by atoms with Gasteiger partial charge < -0.3 is 9.47 Å². The molecule has 0 aromatic rings.